The number of rotatable bonds is 9. The number of halogens is 2. The molecule has 4 aromatic rings. The van der Waals surface area contributed by atoms with Crippen LogP contribution in [0.1, 0.15) is 47.1 Å². The minimum atomic E-state index is -4.40. The molecule has 12 heteroatoms. The Labute approximate surface area is 259 Å². The van der Waals surface area contributed by atoms with Crippen LogP contribution in [0, 0.1) is 0 Å². The molecular formula is C31H29Cl2N3O6S. The van der Waals surface area contributed by atoms with Crippen molar-refractivity contribution in [2.45, 2.75) is 37.8 Å². The predicted octanol–water partition coefficient (Wildman–Crippen LogP) is 5.71. The van der Waals surface area contributed by atoms with E-state index in [4.69, 9.17) is 33.7 Å². The number of sulfonamides is 1. The quantitative estimate of drug-likeness (QED) is 0.225. The van der Waals surface area contributed by atoms with Gasteiger partial charge in [0.05, 0.1) is 10.6 Å². The zero-order valence-electron chi connectivity index (χ0n) is 23.6. The van der Waals surface area contributed by atoms with Gasteiger partial charge >= 0.3 is 5.97 Å². The Balaban J connectivity index is 1.75. The highest BCUT2D eigenvalue weighted by atomic mass is 35.5. The van der Waals surface area contributed by atoms with Crippen molar-refractivity contribution >= 4 is 67.5 Å². The molecule has 0 aliphatic heterocycles. The Bertz CT molecular complexity index is 1800. The van der Waals surface area contributed by atoms with Crippen molar-refractivity contribution in [3.8, 4) is 0 Å². The molecule has 0 atom stereocenters. The van der Waals surface area contributed by atoms with Crippen molar-refractivity contribution in [3.05, 3.63) is 106 Å². The van der Waals surface area contributed by atoms with Crippen molar-refractivity contribution < 1.29 is 27.5 Å². The minimum Gasteiger partial charge on any atom is -0.459 e. The molecule has 0 heterocycles. The molecule has 0 aromatic heterocycles. The number of nitrogens with zero attached hydrogens (tertiary/aromatic N) is 1. The van der Waals surface area contributed by atoms with Crippen molar-refractivity contribution in [1.82, 2.24) is 5.32 Å². The number of primary amides is 1. The lowest BCUT2D eigenvalue weighted by molar-refractivity contribution is -0.152. The van der Waals surface area contributed by atoms with Crippen LogP contribution in [0.15, 0.2) is 83.8 Å². The Morgan fingerprint density at radius 1 is 0.884 bits per heavy atom. The molecule has 0 fully saturated rings. The number of hydrogen-bond acceptors (Lipinski definition) is 6. The van der Waals surface area contributed by atoms with Crippen LogP contribution in [0.5, 0.6) is 0 Å². The van der Waals surface area contributed by atoms with Crippen LogP contribution in [0.3, 0.4) is 0 Å². The number of fused-ring (bicyclic) bond motifs is 1. The highest BCUT2D eigenvalue weighted by molar-refractivity contribution is 7.93. The average molecular weight is 643 g/mol. The molecule has 4 aromatic carbocycles. The van der Waals surface area contributed by atoms with Gasteiger partial charge in [0.25, 0.3) is 15.9 Å². The van der Waals surface area contributed by atoms with Gasteiger partial charge in [-0.25, -0.2) is 8.42 Å². The third-order valence-corrected chi connectivity index (χ3v) is 8.39. The molecule has 224 valence electrons. The molecule has 0 saturated carbocycles. The van der Waals surface area contributed by atoms with Gasteiger partial charge in [0.2, 0.25) is 5.91 Å². The number of anilines is 1. The average Bonchev–Trinajstić information content (AvgIpc) is 2.92. The molecule has 2 amide bonds. The largest absolute Gasteiger partial charge is 0.459 e. The van der Waals surface area contributed by atoms with Gasteiger partial charge in [-0.2, -0.15) is 0 Å². The standard InChI is InChI=1S/C31H29Cl2N3O6S/c1-31(2,3)42-28(37)18-36(43(40,41)23-15-21(32)14-22(33)16-23)27-9-5-6-24-25(27)7-4-8-26(24)30(39)35-17-19-10-12-20(13-11-19)29(34)38/h4-16H,17-18H2,1-3H3,(H2,34,38)(H,35,39). The van der Waals surface area contributed by atoms with Crippen LogP contribution >= 0.6 is 23.2 Å². The van der Waals surface area contributed by atoms with Gasteiger partial charge in [-0.15, -0.1) is 0 Å². The van der Waals surface area contributed by atoms with Crippen LogP contribution < -0.4 is 15.4 Å². The molecule has 43 heavy (non-hydrogen) atoms. The fraction of sp³-hybridized carbons (Fsp3) is 0.194. The maximum absolute atomic E-state index is 14.0. The van der Waals surface area contributed by atoms with Gasteiger partial charge in [-0.3, -0.25) is 18.7 Å². The fourth-order valence-electron chi connectivity index (χ4n) is 4.37. The zero-order valence-corrected chi connectivity index (χ0v) is 25.9. The van der Waals surface area contributed by atoms with Crippen LogP contribution in [0.2, 0.25) is 10.0 Å². The summed E-state index contributed by atoms with van der Waals surface area (Å²) in [6, 6.07) is 20.1. The van der Waals surface area contributed by atoms with E-state index in [2.05, 4.69) is 5.32 Å². The predicted molar refractivity (Wildman–Crippen MR) is 167 cm³/mol. The number of benzene rings is 4. The van der Waals surface area contributed by atoms with Gasteiger partial charge in [0.1, 0.15) is 12.1 Å². The molecule has 0 unspecified atom stereocenters. The van der Waals surface area contributed by atoms with E-state index >= 15 is 0 Å². The molecule has 9 nitrogen and oxygen atoms in total. The summed E-state index contributed by atoms with van der Waals surface area (Å²) in [6.45, 7) is 4.54. The van der Waals surface area contributed by atoms with E-state index in [1.165, 1.54) is 18.2 Å². The van der Waals surface area contributed by atoms with Gasteiger partial charge < -0.3 is 15.8 Å². The van der Waals surface area contributed by atoms with E-state index in [0.29, 0.717) is 16.3 Å². The number of amides is 2. The highest BCUT2D eigenvalue weighted by Gasteiger charge is 2.31. The molecule has 0 spiro atoms. The third kappa shape index (κ3) is 7.64. The maximum Gasteiger partial charge on any atom is 0.327 e. The zero-order chi connectivity index (χ0) is 31.5. The lowest BCUT2D eigenvalue weighted by atomic mass is 10.0. The van der Waals surface area contributed by atoms with Crippen molar-refractivity contribution in [2.75, 3.05) is 10.8 Å². The number of carbonyl (C=O) groups excluding carboxylic acids is 3. The smallest absolute Gasteiger partial charge is 0.327 e. The first-order valence-electron chi connectivity index (χ1n) is 13.0. The van der Waals surface area contributed by atoms with Crippen molar-refractivity contribution in [2.24, 2.45) is 5.73 Å². The summed E-state index contributed by atoms with van der Waals surface area (Å²) in [5.41, 5.74) is 5.95. The number of nitrogens with one attached hydrogen (secondary N) is 1. The highest BCUT2D eigenvalue weighted by Crippen LogP contribution is 2.34. The van der Waals surface area contributed by atoms with Crippen LogP contribution in [0.4, 0.5) is 5.69 Å². The van der Waals surface area contributed by atoms with Crippen LogP contribution in [-0.4, -0.2) is 38.3 Å². The van der Waals surface area contributed by atoms with E-state index in [-0.39, 0.29) is 32.7 Å². The molecule has 4 rings (SSSR count). The lowest BCUT2D eigenvalue weighted by Crippen LogP contribution is -2.39. The van der Waals surface area contributed by atoms with E-state index in [9.17, 15) is 22.8 Å². The Hall–Kier alpha value is -4.12. The topological polar surface area (TPSA) is 136 Å². The number of esters is 1. The van der Waals surface area contributed by atoms with Crippen LogP contribution in [0.25, 0.3) is 10.8 Å². The number of ether oxygens (including phenoxy) is 1. The van der Waals surface area contributed by atoms with Gasteiger partial charge in [-0.05, 0) is 74.2 Å². The maximum atomic E-state index is 14.0. The van der Waals surface area contributed by atoms with E-state index in [1.54, 1.807) is 81.4 Å². The first-order valence-corrected chi connectivity index (χ1v) is 15.2. The Morgan fingerprint density at radius 2 is 1.49 bits per heavy atom. The SMILES string of the molecule is CC(C)(C)OC(=O)CN(c1cccc2c(C(=O)NCc3ccc(C(N)=O)cc3)cccc12)S(=O)(=O)c1cc(Cl)cc(Cl)c1. The monoisotopic (exact) mass is 641 g/mol. The number of carbonyl (C=O) groups is 3. The Kier molecular flexibility index (Phi) is 9.34. The van der Waals surface area contributed by atoms with Crippen LogP contribution in [-0.2, 0) is 26.1 Å². The Morgan fingerprint density at radius 3 is 2.09 bits per heavy atom. The second-order valence-corrected chi connectivity index (χ2v) is 13.4. The van der Waals surface area contributed by atoms with Crippen molar-refractivity contribution in [3.63, 3.8) is 0 Å². The summed E-state index contributed by atoms with van der Waals surface area (Å²) in [5.74, 6) is -1.74. The first kappa shape index (κ1) is 31.8. The number of hydrogen-bond donors (Lipinski definition) is 2. The number of nitrogens with two attached hydrogens (primary N) is 1. The van der Waals surface area contributed by atoms with Gasteiger partial charge in [0, 0.05) is 33.1 Å². The second-order valence-electron chi connectivity index (χ2n) is 10.6. The molecular weight excluding hydrogens is 613 g/mol. The first-order chi connectivity index (χ1) is 20.2. The summed E-state index contributed by atoms with van der Waals surface area (Å²) in [4.78, 5) is 37.4. The lowest BCUT2D eigenvalue weighted by Gasteiger charge is -2.27. The molecule has 0 aliphatic carbocycles. The third-order valence-electron chi connectivity index (χ3n) is 6.22. The summed E-state index contributed by atoms with van der Waals surface area (Å²) >= 11 is 12.2. The normalized spacial score (nSPS) is 11.7. The van der Waals surface area contributed by atoms with E-state index in [0.717, 1.165) is 9.87 Å². The second kappa shape index (κ2) is 12.6. The van der Waals surface area contributed by atoms with Crippen molar-refractivity contribution in [1.29, 1.82) is 0 Å². The summed E-state index contributed by atoms with van der Waals surface area (Å²) in [7, 11) is -4.40. The fourth-order valence-corrected chi connectivity index (χ4v) is 6.52. The van der Waals surface area contributed by atoms with E-state index < -0.39 is 40.0 Å². The molecule has 3 N–H and O–H groups in total. The van der Waals surface area contributed by atoms with E-state index in [1.807, 2.05) is 0 Å². The summed E-state index contributed by atoms with van der Waals surface area (Å²) in [5, 5.41) is 3.90. The summed E-state index contributed by atoms with van der Waals surface area (Å²) < 4.78 is 34.4. The molecule has 0 bridgehead atoms. The molecule has 0 saturated heterocycles. The minimum absolute atomic E-state index is 0.101. The van der Waals surface area contributed by atoms with Gasteiger partial charge in [-0.1, -0.05) is 59.6 Å². The van der Waals surface area contributed by atoms with Gasteiger partial charge in [0.15, 0.2) is 0 Å². The molecule has 0 aliphatic rings. The molecule has 0 radical (unpaired) electrons. The summed E-state index contributed by atoms with van der Waals surface area (Å²) in [6.07, 6.45) is 0.